The summed E-state index contributed by atoms with van der Waals surface area (Å²) in [5, 5.41) is 0. The standard InChI is InChI=1S/C13H17NO2S/c1-4-6-14(5-2)11-7-10(17)13-12(16-11)9(3)8-15-13/h7-8H,4-6H2,1-3H3. The molecule has 0 aromatic carbocycles. The molecule has 0 saturated heterocycles. The van der Waals surface area contributed by atoms with Crippen molar-refractivity contribution >= 4 is 29.3 Å². The molecule has 0 aliphatic carbocycles. The van der Waals surface area contributed by atoms with E-state index >= 15 is 0 Å². The van der Waals surface area contributed by atoms with E-state index in [0.29, 0.717) is 10.1 Å². The van der Waals surface area contributed by atoms with Crippen LogP contribution in [0.5, 0.6) is 0 Å². The second kappa shape index (κ2) is 4.92. The fourth-order valence-electron chi connectivity index (χ4n) is 1.89. The maximum absolute atomic E-state index is 5.88. The zero-order chi connectivity index (χ0) is 12.4. The van der Waals surface area contributed by atoms with Crippen molar-refractivity contribution in [2.24, 2.45) is 0 Å². The molecule has 0 aliphatic heterocycles. The zero-order valence-electron chi connectivity index (χ0n) is 10.4. The number of anilines is 1. The number of hydrogen-bond acceptors (Lipinski definition) is 4. The molecule has 0 atom stereocenters. The van der Waals surface area contributed by atoms with Gasteiger partial charge >= 0.3 is 0 Å². The molecule has 2 aromatic heterocycles. The number of furan rings is 1. The van der Waals surface area contributed by atoms with Gasteiger partial charge in [0.25, 0.3) is 0 Å². The van der Waals surface area contributed by atoms with Crippen molar-refractivity contribution in [3.8, 4) is 0 Å². The van der Waals surface area contributed by atoms with Crippen LogP contribution in [0.4, 0.5) is 5.88 Å². The fraction of sp³-hybridized carbons (Fsp3) is 0.462. The normalized spacial score (nSPS) is 11.0. The molecule has 4 heteroatoms. The van der Waals surface area contributed by atoms with Crippen LogP contribution >= 0.6 is 12.2 Å². The highest BCUT2D eigenvalue weighted by atomic mass is 32.1. The second-order valence-corrected chi connectivity index (χ2v) is 4.55. The van der Waals surface area contributed by atoms with Crippen LogP contribution < -0.4 is 4.90 Å². The summed E-state index contributed by atoms with van der Waals surface area (Å²) in [5.41, 5.74) is 2.43. The second-order valence-electron chi connectivity index (χ2n) is 4.11. The van der Waals surface area contributed by atoms with Crippen LogP contribution in [0.25, 0.3) is 11.2 Å². The van der Waals surface area contributed by atoms with Gasteiger partial charge in [0.05, 0.1) is 10.8 Å². The number of nitrogens with zero attached hydrogens (tertiary/aromatic N) is 1. The predicted octanol–water partition coefficient (Wildman–Crippen LogP) is 4.30. The number of fused-ring (bicyclic) bond motifs is 1. The van der Waals surface area contributed by atoms with Gasteiger partial charge < -0.3 is 13.7 Å². The first-order chi connectivity index (χ1) is 8.17. The Balaban J connectivity index is 2.55. The first-order valence-corrected chi connectivity index (χ1v) is 6.35. The lowest BCUT2D eigenvalue weighted by Crippen LogP contribution is -2.23. The topological polar surface area (TPSA) is 29.5 Å². The Kier molecular flexibility index (Phi) is 3.52. The van der Waals surface area contributed by atoms with Crippen LogP contribution in [0.2, 0.25) is 0 Å². The van der Waals surface area contributed by atoms with Crippen LogP contribution in [0.1, 0.15) is 25.8 Å². The Morgan fingerprint density at radius 2 is 2.06 bits per heavy atom. The molecule has 3 nitrogen and oxygen atoms in total. The highest BCUT2D eigenvalue weighted by Gasteiger charge is 2.12. The molecule has 0 saturated carbocycles. The Bertz CT molecular complexity index is 570. The van der Waals surface area contributed by atoms with Crippen molar-refractivity contribution in [1.82, 2.24) is 0 Å². The Labute approximate surface area is 106 Å². The summed E-state index contributed by atoms with van der Waals surface area (Å²) in [4.78, 5) is 2.18. The molecule has 17 heavy (non-hydrogen) atoms. The Morgan fingerprint density at radius 3 is 2.71 bits per heavy atom. The molecule has 0 radical (unpaired) electrons. The minimum Gasteiger partial charge on any atom is -0.459 e. The van der Waals surface area contributed by atoms with E-state index in [1.54, 1.807) is 6.26 Å². The van der Waals surface area contributed by atoms with Crippen LogP contribution in [-0.2, 0) is 0 Å². The van der Waals surface area contributed by atoms with E-state index in [1.807, 2.05) is 13.0 Å². The van der Waals surface area contributed by atoms with Gasteiger partial charge in [-0.15, -0.1) is 0 Å². The van der Waals surface area contributed by atoms with Gasteiger partial charge in [-0.2, -0.15) is 0 Å². The largest absolute Gasteiger partial charge is 0.459 e. The van der Waals surface area contributed by atoms with E-state index < -0.39 is 0 Å². The molecule has 0 spiro atoms. The molecule has 92 valence electrons. The summed E-state index contributed by atoms with van der Waals surface area (Å²) in [6.07, 6.45) is 2.77. The van der Waals surface area contributed by atoms with Crippen molar-refractivity contribution in [3.63, 3.8) is 0 Å². The predicted molar refractivity (Wildman–Crippen MR) is 72.2 cm³/mol. The molecule has 2 heterocycles. The lowest BCUT2D eigenvalue weighted by atomic mass is 10.3. The third-order valence-electron chi connectivity index (χ3n) is 2.79. The van der Waals surface area contributed by atoms with Crippen molar-refractivity contribution in [3.05, 3.63) is 22.4 Å². The highest BCUT2D eigenvalue weighted by Crippen LogP contribution is 2.27. The van der Waals surface area contributed by atoms with Gasteiger partial charge in [0.2, 0.25) is 0 Å². The van der Waals surface area contributed by atoms with E-state index in [2.05, 4.69) is 18.7 Å². The Hall–Kier alpha value is -1.29. The quantitative estimate of drug-likeness (QED) is 0.758. The summed E-state index contributed by atoms with van der Waals surface area (Å²) in [6.45, 7) is 8.11. The average molecular weight is 251 g/mol. The molecule has 0 bridgehead atoms. The molecule has 2 rings (SSSR count). The van der Waals surface area contributed by atoms with E-state index in [9.17, 15) is 0 Å². The van der Waals surface area contributed by atoms with Gasteiger partial charge in [0, 0.05) is 24.7 Å². The molecule has 0 aliphatic rings. The van der Waals surface area contributed by atoms with Crippen LogP contribution in [0, 0.1) is 11.4 Å². The third-order valence-corrected chi connectivity index (χ3v) is 3.09. The summed E-state index contributed by atoms with van der Waals surface area (Å²) in [6, 6.07) is 1.87. The Morgan fingerprint density at radius 1 is 1.29 bits per heavy atom. The van der Waals surface area contributed by atoms with Crippen molar-refractivity contribution in [2.45, 2.75) is 27.2 Å². The van der Waals surface area contributed by atoms with Gasteiger partial charge in [-0.1, -0.05) is 19.1 Å². The van der Waals surface area contributed by atoms with Gasteiger partial charge in [-0.05, 0) is 20.3 Å². The van der Waals surface area contributed by atoms with Crippen LogP contribution in [0.15, 0.2) is 21.2 Å². The third kappa shape index (κ3) is 2.22. The SMILES string of the molecule is CCCN(CC)c1cc(=S)c2occ(C)c2o1. The smallest absolute Gasteiger partial charge is 0.197 e. The van der Waals surface area contributed by atoms with Gasteiger partial charge in [0.15, 0.2) is 17.1 Å². The highest BCUT2D eigenvalue weighted by molar-refractivity contribution is 7.71. The summed E-state index contributed by atoms with van der Waals surface area (Å²) in [7, 11) is 0. The number of rotatable bonds is 4. The lowest BCUT2D eigenvalue weighted by Gasteiger charge is -2.20. The van der Waals surface area contributed by atoms with Crippen molar-refractivity contribution in [2.75, 3.05) is 18.0 Å². The van der Waals surface area contributed by atoms with Crippen LogP contribution in [-0.4, -0.2) is 13.1 Å². The van der Waals surface area contributed by atoms with E-state index in [4.69, 9.17) is 21.1 Å². The minimum absolute atomic E-state index is 0.675. The first-order valence-electron chi connectivity index (χ1n) is 5.94. The van der Waals surface area contributed by atoms with Crippen molar-refractivity contribution in [1.29, 1.82) is 0 Å². The van der Waals surface area contributed by atoms with Crippen LogP contribution in [0.3, 0.4) is 0 Å². The molecule has 0 unspecified atom stereocenters. The van der Waals surface area contributed by atoms with E-state index in [1.165, 1.54) is 0 Å². The van der Waals surface area contributed by atoms with E-state index in [0.717, 1.165) is 36.5 Å². The summed E-state index contributed by atoms with van der Waals surface area (Å²) in [5.74, 6) is 0.830. The summed E-state index contributed by atoms with van der Waals surface area (Å²) < 4.78 is 12.0. The molecular weight excluding hydrogens is 234 g/mol. The first kappa shape index (κ1) is 12.2. The molecular formula is C13H17NO2S. The fourth-order valence-corrected chi connectivity index (χ4v) is 2.13. The zero-order valence-corrected chi connectivity index (χ0v) is 11.3. The summed E-state index contributed by atoms with van der Waals surface area (Å²) >= 11 is 5.33. The van der Waals surface area contributed by atoms with E-state index in [-0.39, 0.29) is 0 Å². The maximum Gasteiger partial charge on any atom is 0.197 e. The number of hydrogen-bond donors (Lipinski definition) is 0. The number of aryl methyl sites for hydroxylation is 1. The molecule has 0 fully saturated rings. The van der Waals surface area contributed by atoms with Crippen molar-refractivity contribution < 1.29 is 8.83 Å². The monoisotopic (exact) mass is 251 g/mol. The average Bonchev–Trinajstić information content (AvgIpc) is 2.69. The molecule has 0 amide bonds. The van der Waals surface area contributed by atoms with Gasteiger partial charge in [0.1, 0.15) is 0 Å². The van der Waals surface area contributed by atoms with Gasteiger partial charge in [-0.25, -0.2) is 0 Å². The maximum atomic E-state index is 5.88. The minimum atomic E-state index is 0.675. The lowest BCUT2D eigenvalue weighted by molar-refractivity contribution is 0.560. The molecule has 2 aromatic rings. The molecule has 0 N–H and O–H groups in total. The van der Waals surface area contributed by atoms with Gasteiger partial charge in [-0.3, -0.25) is 0 Å².